The summed E-state index contributed by atoms with van der Waals surface area (Å²) in [5.41, 5.74) is 2.50. The number of carboxylic acid groups (broad SMARTS) is 1. The molecule has 0 saturated carbocycles. The van der Waals surface area contributed by atoms with Crippen LogP contribution >= 0.6 is 0 Å². The van der Waals surface area contributed by atoms with Gasteiger partial charge < -0.3 is 5.11 Å². The summed E-state index contributed by atoms with van der Waals surface area (Å²) in [7, 11) is 0. The fraction of sp³-hybridized carbons (Fsp3) is 0.0769. The molecule has 0 aromatic heterocycles. The fourth-order valence-electron chi connectivity index (χ4n) is 0.552. The minimum absolute atomic E-state index is 0.0156. The molecule has 0 unspecified atom stereocenters. The number of carbonyl (C=O) groups is 1. The lowest BCUT2D eigenvalue weighted by molar-refractivity contribution is -0.135. The van der Waals surface area contributed by atoms with Crippen LogP contribution in [-0.2, 0) is 4.79 Å². The molecule has 0 rings (SSSR count). The van der Waals surface area contributed by atoms with E-state index in [0.29, 0.717) is 0 Å². The fourth-order valence-corrected chi connectivity index (χ4v) is 0.552. The van der Waals surface area contributed by atoms with Crippen molar-refractivity contribution in [1.82, 2.24) is 0 Å². The highest BCUT2D eigenvalue weighted by Crippen LogP contribution is 1.83. The Labute approximate surface area is 89.3 Å². The molecule has 0 aliphatic heterocycles. The Kier molecular flexibility index (Phi) is 8.12. The van der Waals surface area contributed by atoms with Crippen molar-refractivity contribution < 1.29 is 9.90 Å². The second-order valence-electron chi connectivity index (χ2n) is 2.27. The van der Waals surface area contributed by atoms with E-state index in [1.54, 1.807) is 18.2 Å². The molecule has 1 N–H and O–H groups in total. The first kappa shape index (κ1) is 12.6. The van der Waals surface area contributed by atoms with Gasteiger partial charge in [-0.15, -0.1) is 5.73 Å². The molecule has 0 saturated heterocycles. The van der Waals surface area contributed by atoms with Gasteiger partial charge >= 0.3 is 5.97 Å². The summed E-state index contributed by atoms with van der Waals surface area (Å²) in [6.07, 6.45) is 7.89. The summed E-state index contributed by atoms with van der Waals surface area (Å²) in [5.74, 6) is 9.54. The van der Waals surface area contributed by atoms with Crippen LogP contribution in [0.2, 0.25) is 0 Å². The predicted octanol–water partition coefficient (Wildman–Crippen LogP) is 1.92. The molecule has 0 aliphatic rings. The maximum atomic E-state index is 10.1. The molecule has 0 spiro atoms. The van der Waals surface area contributed by atoms with E-state index in [1.165, 1.54) is 12.2 Å². The third kappa shape index (κ3) is 11.6. The van der Waals surface area contributed by atoms with Gasteiger partial charge in [0.2, 0.25) is 0 Å². The summed E-state index contributed by atoms with van der Waals surface area (Å²) >= 11 is 0. The molecular formula is C13H10O2. The normalized spacial score (nSPS) is 8.53. The topological polar surface area (TPSA) is 37.3 Å². The lowest BCUT2D eigenvalue weighted by atomic mass is 10.3. The highest BCUT2D eigenvalue weighted by Gasteiger charge is 1.86. The van der Waals surface area contributed by atoms with Crippen molar-refractivity contribution in [2.45, 2.75) is 6.42 Å². The summed E-state index contributed by atoms with van der Waals surface area (Å²) in [5, 5.41) is 8.30. The summed E-state index contributed by atoms with van der Waals surface area (Å²) < 4.78 is 0. The van der Waals surface area contributed by atoms with Crippen molar-refractivity contribution in [1.29, 1.82) is 0 Å². The molecule has 0 aliphatic carbocycles. The molecule has 0 aromatic carbocycles. The number of hydrogen-bond acceptors (Lipinski definition) is 1. The van der Waals surface area contributed by atoms with Gasteiger partial charge in [0.25, 0.3) is 0 Å². The first-order valence-corrected chi connectivity index (χ1v) is 4.16. The highest BCUT2D eigenvalue weighted by molar-refractivity contribution is 5.68. The van der Waals surface area contributed by atoms with Crippen molar-refractivity contribution in [3.05, 3.63) is 42.7 Å². The lowest BCUT2D eigenvalue weighted by Crippen LogP contribution is -1.89. The van der Waals surface area contributed by atoms with Gasteiger partial charge in [0.1, 0.15) is 0 Å². The molecule has 2 heteroatoms. The minimum Gasteiger partial charge on any atom is -0.481 e. The summed E-state index contributed by atoms with van der Waals surface area (Å²) in [6.45, 7) is 3.34. The maximum absolute atomic E-state index is 10.1. The number of carboxylic acids is 1. The third-order valence-corrected chi connectivity index (χ3v) is 1.10. The van der Waals surface area contributed by atoms with Crippen LogP contribution in [0.4, 0.5) is 0 Å². The van der Waals surface area contributed by atoms with Crippen LogP contribution in [0.25, 0.3) is 0 Å². The van der Waals surface area contributed by atoms with Gasteiger partial charge in [-0.05, 0) is 17.9 Å². The second kappa shape index (κ2) is 9.68. The molecule has 0 amide bonds. The van der Waals surface area contributed by atoms with Crippen molar-refractivity contribution in [2.24, 2.45) is 0 Å². The number of hydrogen-bond donors (Lipinski definition) is 1. The van der Waals surface area contributed by atoms with Crippen LogP contribution in [0.15, 0.2) is 42.7 Å². The highest BCUT2D eigenvalue weighted by atomic mass is 16.4. The van der Waals surface area contributed by atoms with E-state index < -0.39 is 5.97 Å². The molecule has 2 nitrogen and oxygen atoms in total. The van der Waals surface area contributed by atoms with Gasteiger partial charge in [-0.2, -0.15) is 0 Å². The molecule has 74 valence electrons. The minimum atomic E-state index is -0.854. The Morgan fingerprint density at radius 3 is 2.67 bits per heavy atom. The summed E-state index contributed by atoms with van der Waals surface area (Å²) in [6, 6.07) is 0. The third-order valence-electron chi connectivity index (χ3n) is 1.10. The smallest absolute Gasteiger partial charge is 0.307 e. The Morgan fingerprint density at radius 1 is 1.27 bits per heavy atom. The second-order valence-corrected chi connectivity index (χ2v) is 2.27. The Bertz CT molecular complexity index is 425. The van der Waals surface area contributed by atoms with E-state index in [1.807, 2.05) is 0 Å². The molecule has 0 fully saturated rings. The zero-order valence-electron chi connectivity index (χ0n) is 8.16. The Hall–Kier alpha value is -2.41. The molecule has 0 aromatic rings. The first-order chi connectivity index (χ1) is 7.27. The molecule has 0 radical (unpaired) electrons. The van der Waals surface area contributed by atoms with E-state index in [4.69, 9.17) is 5.11 Å². The van der Waals surface area contributed by atoms with E-state index >= 15 is 0 Å². The van der Waals surface area contributed by atoms with E-state index in [-0.39, 0.29) is 6.42 Å². The van der Waals surface area contributed by atoms with Crippen LogP contribution < -0.4 is 0 Å². The standard InChI is InChI=1S/C13H10O2/c1-2-3-4-5-6-7-8-9-10-11-12-13(14)15/h3,8-11H,1,12H2,(H,14,15). The molecule has 0 atom stereocenters. The van der Waals surface area contributed by atoms with Gasteiger partial charge in [0, 0.05) is 6.08 Å². The Balaban J connectivity index is 3.90. The molecular weight excluding hydrogens is 188 g/mol. The number of aliphatic carboxylic acids is 1. The SMILES string of the molecule is C=C=CC#CC#CC=CC=CCC(=O)O. The monoisotopic (exact) mass is 198 g/mol. The zero-order valence-corrected chi connectivity index (χ0v) is 8.16. The summed E-state index contributed by atoms with van der Waals surface area (Å²) in [4.78, 5) is 10.1. The molecule has 0 bridgehead atoms. The zero-order chi connectivity index (χ0) is 11.4. The van der Waals surface area contributed by atoms with Crippen LogP contribution in [0.3, 0.4) is 0 Å². The van der Waals surface area contributed by atoms with Crippen LogP contribution in [0.1, 0.15) is 6.42 Å². The van der Waals surface area contributed by atoms with Crippen molar-refractivity contribution >= 4 is 5.97 Å². The largest absolute Gasteiger partial charge is 0.481 e. The maximum Gasteiger partial charge on any atom is 0.307 e. The van der Waals surface area contributed by atoms with Gasteiger partial charge in [-0.1, -0.05) is 36.6 Å². The molecule has 0 heterocycles. The van der Waals surface area contributed by atoms with Crippen LogP contribution in [0, 0.1) is 23.7 Å². The van der Waals surface area contributed by atoms with Gasteiger partial charge in [-0.3, -0.25) is 4.79 Å². The van der Waals surface area contributed by atoms with Crippen LogP contribution in [0.5, 0.6) is 0 Å². The lowest BCUT2D eigenvalue weighted by Gasteiger charge is -1.79. The van der Waals surface area contributed by atoms with Crippen LogP contribution in [-0.4, -0.2) is 11.1 Å². The predicted molar refractivity (Wildman–Crippen MR) is 59.8 cm³/mol. The van der Waals surface area contributed by atoms with Gasteiger partial charge in [0.15, 0.2) is 0 Å². The van der Waals surface area contributed by atoms with Gasteiger partial charge in [0.05, 0.1) is 6.42 Å². The molecule has 15 heavy (non-hydrogen) atoms. The van der Waals surface area contributed by atoms with Crippen molar-refractivity contribution in [3.8, 4) is 23.7 Å². The van der Waals surface area contributed by atoms with Crippen molar-refractivity contribution in [2.75, 3.05) is 0 Å². The first-order valence-electron chi connectivity index (χ1n) is 4.16. The van der Waals surface area contributed by atoms with E-state index in [0.717, 1.165) is 0 Å². The van der Waals surface area contributed by atoms with Gasteiger partial charge in [-0.25, -0.2) is 0 Å². The average Bonchev–Trinajstić information content (AvgIpc) is 2.20. The van der Waals surface area contributed by atoms with E-state index in [2.05, 4.69) is 36.0 Å². The number of rotatable bonds is 3. The van der Waals surface area contributed by atoms with Crippen molar-refractivity contribution in [3.63, 3.8) is 0 Å². The Morgan fingerprint density at radius 2 is 2.00 bits per heavy atom. The van der Waals surface area contributed by atoms with E-state index in [9.17, 15) is 4.79 Å². The number of allylic oxidation sites excluding steroid dienone is 4. The quantitative estimate of drug-likeness (QED) is 0.427. The average molecular weight is 198 g/mol.